The van der Waals surface area contributed by atoms with Crippen LogP contribution in [0.15, 0.2) is 60.7 Å². The van der Waals surface area contributed by atoms with Gasteiger partial charge >= 0.3 is 0 Å². The van der Waals surface area contributed by atoms with Gasteiger partial charge in [-0.15, -0.1) is 0 Å². The van der Waals surface area contributed by atoms with Gasteiger partial charge in [-0.3, -0.25) is 14.5 Å². The Hall–Kier alpha value is -2.50. The molecule has 2 heterocycles. The maximum absolute atomic E-state index is 12.8. The van der Waals surface area contributed by atoms with Crippen molar-refractivity contribution in [1.29, 1.82) is 0 Å². The van der Waals surface area contributed by atoms with Crippen LogP contribution in [0.3, 0.4) is 0 Å². The minimum absolute atomic E-state index is 0.0746. The lowest BCUT2D eigenvalue weighted by Gasteiger charge is -2.24. The number of benzene rings is 2. The Morgan fingerprint density at radius 3 is 2.20 bits per heavy atom. The lowest BCUT2D eigenvalue weighted by atomic mass is 9.91. The second-order valence-corrected chi connectivity index (χ2v) is 6.52. The van der Waals surface area contributed by atoms with E-state index < -0.39 is 6.04 Å². The van der Waals surface area contributed by atoms with E-state index in [0.717, 1.165) is 11.1 Å². The highest BCUT2D eigenvalue weighted by Gasteiger charge is 2.57. The van der Waals surface area contributed by atoms with Crippen molar-refractivity contribution in [3.63, 3.8) is 0 Å². The van der Waals surface area contributed by atoms with Crippen LogP contribution in [0.4, 0.5) is 0 Å². The van der Waals surface area contributed by atoms with E-state index >= 15 is 0 Å². The van der Waals surface area contributed by atoms with Gasteiger partial charge in [-0.05, 0) is 18.1 Å². The van der Waals surface area contributed by atoms with Gasteiger partial charge in [0.25, 0.3) is 0 Å². The Kier molecular flexibility index (Phi) is 4.11. The first-order chi connectivity index (χ1) is 12.2. The molecule has 2 fully saturated rings. The average Bonchev–Trinajstić information content (AvgIpc) is 3.14. The first-order valence-electron chi connectivity index (χ1n) is 8.67. The zero-order valence-electron chi connectivity index (χ0n) is 14.1. The molecule has 5 heteroatoms. The van der Waals surface area contributed by atoms with E-state index in [1.54, 1.807) is 0 Å². The molecule has 4 rings (SSSR count). The molecule has 2 amide bonds. The molecule has 2 aliphatic heterocycles. The SMILES string of the molecule is CCN1C(=O)[C@H]2[C@@H](C1=O)N(Cc1ccccc1)N[C@H]2c1ccccc1. The van der Waals surface area contributed by atoms with Crippen LogP contribution in [-0.4, -0.2) is 34.3 Å². The summed E-state index contributed by atoms with van der Waals surface area (Å²) in [4.78, 5) is 27.1. The van der Waals surface area contributed by atoms with E-state index in [1.165, 1.54) is 4.90 Å². The van der Waals surface area contributed by atoms with Crippen molar-refractivity contribution >= 4 is 11.8 Å². The fourth-order valence-electron chi connectivity index (χ4n) is 3.91. The van der Waals surface area contributed by atoms with Crippen molar-refractivity contribution in [3.8, 4) is 0 Å². The van der Waals surface area contributed by atoms with Crippen LogP contribution in [0.1, 0.15) is 24.1 Å². The van der Waals surface area contributed by atoms with Crippen molar-refractivity contribution in [3.05, 3.63) is 71.8 Å². The minimum Gasteiger partial charge on any atom is -0.281 e. The van der Waals surface area contributed by atoms with Gasteiger partial charge < -0.3 is 0 Å². The highest BCUT2D eigenvalue weighted by Crippen LogP contribution is 2.40. The highest BCUT2D eigenvalue weighted by molar-refractivity contribution is 6.07. The Bertz CT molecular complexity index is 778. The summed E-state index contributed by atoms with van der Waals surface area (Å²) >= 11 is 0. The van der Waals surface area contributed by atoms with Crippen LogP contribution in [0, 0.1) is 5.92 Å². The standard InChI is InChI=1S/C20H21N3O2/c1-2-22-19(24)16-17(15-11-7-4-8-12-15)21-23(18(16)20(22)25)13-14-9-5-3-6-10-14/h3-12,16-18,21H,2,13H2,1H3/t16-,17+,18+/m1/s1. The summed E-state index contributed by atoms with van der Waals surface area (Å²) in [5.41, 5.74) is 5.57. The van der Waals surface area contributed by atoms with E-state index in [-0.39, 0.29) is 23.8 Å². The minimum atomic E-state index is -0.446. The predicted octanol–water partition coefficient (Wildman–Crippen LogP) is 2.12. The molecule has 0 aromatic heterocycles. The summed E-state index contributed by atoms with van der Waals surface area (Å²) in [7, 11) is 0. The van der Waals surface area contributed by atoms with Crippen LogP contribution < -0.4 is 5.43 Å². The maximum Gasteiger partial charge on any atom is 0.248 e. The third-order valence-corrected chi connectivity index (χ3v) is 5.08. The van der Waals surface area contributed by atoms with Gasteiger partial charge in [-0.25, -0.2) is 10.4 Å². The number of likely N-dealkylation sites (tertiary alicyclic amines) is 1. The Morgan fingerprint density at radius 1 is 0.920 bits per heavy atom. The van der Waals surface area contributed by atoms with Gasteiger partial charge in [0.1, 0.15) is 6.04 Å². The second kappa shape index (κ2) is 6.43. The van der Waals surface area contributed by atoms with Gasteiger partial charge in [-0.2, -0.15) is 0 Å². The predicted molar refractivity (Wildman–Crippen MR) is 94.0 cm³/mol. The summed E-state index contributed by atoms with van der Waals surface area (Å²) in [5.74, 6) is -0.549. The molecule has 0 saturated carbocycles. The van der Waals surface area contributed by atoms with E-state index in [2.05, 4.69) is 5.43 Å². The normalized spacial score (nSPS) is 26.3. The largest absolute Gasteiger partial charge is 0.281 e. The third kappa shape index (κ3) is 2.65. The molecule has 128 valence electrons. The topological polar surface area (TPSA) is 52.7 Å². The summed E-state index contributed by atoms with van der Waals surface area (Å²) in [6.07, 6.45) is 0. The van der Waals surface area contributed by atoms with Crippen molar-refractivity contribution in [2.45, 2.75) is 25.6 Å². The number of nitrogens with zero attached hydrogens (tertiary/aromatic N) is 2. The smallest absolute Gasteiger partial charge is 0.248 e. The van der Waals surface area contributed by atoms with Crippen LogP contribution in [0.5, 0.6) is 0 Å². The molecule has 0 aliphatic carbocycles. The van der Waals surface area contributed by atoms with Crippen molar-refractivity contribution < 1.29 is 9.59 Å². The summed E-state index contributed by atoms with van der Waals surface area (Å²) in [6, 6.07) is 19.3. The van der Waals surface area contributed by atoms with Crippen LogP contribution in [0.2, 0.25) is 0 Å². The summed E-state index contributed by atoms with van der Waals surface area (Å²) < 4.78 is 0. The van der Waals surface area contributed by atoms with Crippen LogP contribution in [0.25, 0.3) is 0 Å². The molecule has 0 spiro atoms. The fraction of sp³-hybridized carbons (Fsp3) is 0.300. The van der Waals surface area contributed by atoms with E-state index in [1.807, 2.05) is 72.6 Å². The zero-order valence-corrected chi connectivity index (χ0v) is 14.1. The molecule has 2 saturated heterocycles. The summed E-state index contributed by atoms with van der Waals surface area (Å²) in [6.45, 7) is 2.86. The van der Waals surface area contributed by atoms with E-state index in [0.29, 0.717) is 13.1 Å². The fourth-order valence-corrected chi connectivity index (χ4v) is 3.91. The number of carbonyl (C=O) groups excluding carboxylic acids is 2. The maximum atomic E-state index is 12.8. The molecule has 0 radical (unpaired) electrons. The lowest BCUT2D eigenvalue weighted by Crippen LogP contribution is -2.44. The average molecular weight is 335 g/mol. The molecule has 3 atom stereocenters. The Balaban J connectivity index is 1.69. The van der Waals surface area contributed by atoms with Gasteiger partial charge in [0, 0.05) is 13.1 Å². The van der Waals surface area contributed by atoms with Gasteiger partial charge in [0.05, 0.1) is 12.0 Å². The monoisotopic (exact) mass is 335 g/mol. The number of hydrogen-bond acceptors (Lipinski definition) is 4. The highest BCUT2D eigenvalue weighted by atomic mass is 16.2. The molecule has 1 N–H and O–H groups in total. The van der Waals surface area contributed by atoms with Crippen molar-refractivity contribution in [2.24, 2.45) is 5.92 Å². The molecule has 0 bridgehead atoms. The van der Waals surface area contributed by atoms with Crippen LogP contribution in [-0.2, 0) is 16.1 Å². The lowest BCUT2D eigenvalue weighted by molar-refractivity contribution is -0.141. The first kappa shape index (κ1) is 16.0. The Morgan fingerprint density at radius 2 is 1.56 bits per heavy atom. The molecule has 2 aliphatic rings. The summed E-state index contributed by atoms with van der Waals surface area (Å²) in [5, 5.41) is 1.94. The number of likely N-dealkylation sites (N-methyl/N-ethyl adjacent to an activating group) is 1. The number of hydrazine groups is 1. The molecule has 25 heavy (non-hydrogen) atoms. The molecular formula is C20H21N3O2. The zero-order chi connectivity index (χ0) is 17.4. The van der Waals surface area contributed by atoms with E-state index in [9.17, 15) is 9.59 Å². The van der Waals surface area contributed by atoms with Crippen molar-refractivity contribution in [1.82, 2.24) is 15.3 Å². The molecule has 2 aromatic carbocycles. The Labute approximate surface area is 147 Å². The van der Waals surface area contributed by atoms with Gasteiger partial charge in [0.15, 0.2) is 0 Å². The quantitative estimate of drug-likeness (QED) is 0.870. The molecule has 0 unspecified atom stereocenters. The van der Waals surface area contributed by atoms with E-state index in [4.69, 9.17) is 0 Å². The number of amides is 2. The number of carbonyl (C=O) groups is 2. The van der Waals surface area contributed by atoms with Crippen molar-refractivity contribution in [2.75, 3.05) is 6.54 Å². The second-order valence-electron chi connectivity index (χ2n) is 6.52. The number of hydrogen-bond donors (Lipinski definition) is 1. The van der Waals surface area contributed by atoms with Gasteiger partial charge in [0.2, 0.25) is 11.8 Å². The first-order valence-corrected chi connectivity index (χ1v) is 8.67. The molecule has 2 aromatic rings. The number of imide groups is 1. The number of rotatable bonds is 4. The number of nitrogens with one attached hydrogen (secondary N) is 1. The molecular weight excluding hydrogens is 314 g/mol. The third-order valence-electron chi connectivity index (χ3n) is 5.08. The van der Waals surface area contributed by atoms with Crippen LogP contribution >= 0.6 is 0 Å². The van der Waals surface area contributed by atoms with Gasteiger partial charge in [-0.1, -0.05) is 60.7 Å². The number of fused-ring (bicyclic) bond motifs is 1. The molecule has 5 nitrogen and oxygen atoms in total.